The molecule has 0 aliphatic heterocycles. The van der Waals surface area contributed by atoms with Crippen LogP contribution < -0.4 is 4.90 Å². The number of tetrazole rings is 1. The van der Waals surface area contributed by atoms with Gasteiger partial charge in [-0.05, 0) is 23.3 Å². The molecule has 0 amide bonds. The first-order chi connectivity index (χ1) is 6.75. The van der Waals surface area contributed by atoms with Crippen molar-refractivity contribution in [1.82, 2.24) is 20.2 Å². The van der Waals surface area contributed by atoms with E-state index in [2.05, 4.69) is 36.4 Å². The maximum atomic E-state index is 3.93. The predicted molar refractivity (Wildman–Crippen MR) is 59.7 cm³/mol. The van der Waals surface area contributed by atoms with E-state index in [1.807, 2.05) is 14.1 Å². The van der Waals surface area contributed by atoms with Gasteiger partial charge in [-0.15, -0.1) is 0 Å². The lowest BCUT2D eigenvalue weighted by atomic mass is 10.2. The number of nitrogens with zero attached hydrogens (tertiary/aromatic N) is 5. The van der Waals surface area contributed by atoms with E-state index < -0.39 is 0 Å². The van der Waals surface area contributed by atoms with E-state index in [1.165, 1.54) is 19.3 Å². The normalized spacial score (nSPS) is 10.5. The van der Waals surface area contributed by atoms with Crippen molar-refractivity contribution in [2.24, 2.45) is 7.05 Å². The molecule has 0 radical (unpaired) electrons. The average Bonchev–Trinajstić information content (AvgIpc) is 2.59. The Bertz CT molecular complexity index is 262. The second-order valence-corrected chi connectivity index (χ2v) is 4.07. The molecule has 14 heavy (non-hydrogen) atoms. The number of aromatic nitrogens is 4. The van der Waals surface area contributed by atoms with Gasteiger partial charge in [-0.25, -0.2) is 4.68 Å². The second kappa shape index (κ2) is 5.95. The molecule has 0 N–H and O–H groups in total. The predicted octanol–water partition coefficient (Wildman–Crippen LogP) is 1.21. The summed E-state index contributed by atoms with van der Waals surface area (Å²) in [5.74, 6) is 0.823. The van der Waals surface area contributed by atoms with E-state index in [-0.39, 0.29) is 0 Å². The van der Waals surface area contributed by atoms with Crippen LogP contribution in [-0.2, 0) is 7.05 Å². The Morgan fingerprint density at radius 3 is 2.71 bits per heavy atom. The molecular weight excluding hydrogens is 246 g/mol. The maximum Gasteiger partial charge on any atom is 0.244 e. The topological polar surface area (TPSA) is 46.8 Å². The van der Waals surface area contributed by atoms with Crippen LogP contribution in [0.15, 0.2) is 0 Å². The number of alkyl halides is 1. The molecule has 0 saturated heterocycles. The van der Waals surface area contributed by atoms with Crippen molar-refractivity contribution in [3.8, 4) is 0 Å². The first kappa shape index (κ1) is 11.4. The van der Waals surface area contributed by atoms with Gasteiger partial charge in [0.1, 0.15) is 0 Å². The number of hydrogen-bond donors (Lipinski definition) is 0. The van der Waals surface area contributed by atoms with Gasteiger partial charge in [-0.3, -0.25) is 0 Å². The van der Waals surface area contributed by atoms with Crippen molar-refractivity contribution in [2.45, 2.75) is 19.3 Å². The van der Waals surface area contributed by atoms with Crippen molar-refractivity contribution in [3.05, 3.63) is 0 Å². The molecule has 80 valence electrons. The Labute approximate surface area is 92.6 Å². The van der Waals surface area contributed by atoms with Crippen molar-refractivity contribution in [1.29, 1.82) is 0 Å². The van der Waals surface area contributed by atoms with Crippen LogP contribution in [0.1, 0.15) is 19.3 Å². The highest BCUT2D eigenvalue weighted by Gasteiger charge is 2.06. The van der Waals surface area contributed by atoms with Gasteiger partial charge in [0.25, 0.3) is 0 Å². The molecule has 0 atom stereocenters. The number of rotatable bonds is 6. The number of halogens is 1. The summed E-state index contributed by atoms with van der Waals surface area (Å²) in [5.41, 5.74) is 0. The largest absolute Gasteiger partial charge is 0.343 e. The SMILES string of the molecule is CN(CCCCCBr)c1nnnn1C. The van der Waals surface area contributed by atoms with Crippen LogP contribution in [0.3, 0.4) is 0 Å². The van der Waals surface area contributed by atoms with Gasteiger partial charge in [0, 0.05) is 26.0 Å². The molecule has 0 bridgehead atoms. The summed E-state index contributed by atoms with van der Waals surface area (Å²) in [6.45, 7) is 1.00. The van der Waals surface area contributed by atoms with E-state index in [0.29, 0.717) is 0 Å². The van der Waals surface area contributed by atoms with Crippen LogP contribution >= 0.6 is 15.9 Å². The first-order valence-electron chi connectivity index (χ1n) is 4.75. The van der Waals surface area contributed by atoms with Crippen LogP contribution in [0.5, 0.6) is 0 Å². The highest BCUT2D eigenvalue weighted by molar-refractivity contribution is 9.09. The Morgan fingerprint density at radius 1 is 1.36 bits per heavy atom. The minimum absolute atomic E-state index is 0.823. The lowest BCUT2D eigenvalue weighted by Crippen LogP contribution is -2.22. The third kappa shape index (κ3) is 3.25. The summed E-state index contributed by atoms with van der Waals surface area (Å²) in [4.78, 5) is 2.08. The van der Waals surface area contributed by atoms with Gasteiger partial charge in [0.05, 0.1) is 0 Å². The number of anilines is 1. The third-order valence-electron chi connectivity index (χ3n) is 2.07. The molecule has 0 saturated carbocycles. The smallest absolute Gasteiger partial charge is 0.244 e. The summed E-state index contributed by atoms with van der Waals surface area (Å²) < 4.78 is 1.69. The molecule has 1 rings (SSSR count). The highest BCUT2D eigenvalue weighted by Crippen LogP contribution is 2.06. The van der Waals surface area contributed by atoms with Crippen LogP contribution in [0, 0.1) is 0 Å². The number of hydrogen-bond acceptors (Lipinski definition) is 4. The zero-order valence-corrected chi connectivity index (χ0v) is 10.2. The molecule has 0 aromatic carbocycles. The zero-order valence-electron chi connectivity index (χ0n) is 8.65. The molecule has 5 nitrogen and oxygen atoms in total. The average molecular weight is 262 g/mol. The van der Waals surface area contributed by atoms with Crippen LogP contribution in [0.2, 0.25) is 0 Å². The first-order valence-corrected chi connectivity index (χ1v) is 5.87. The fourth-order valence-electron chi connectivity index (χ4n) is 1.27. The van der Waals surface area contributed by atoms with Gasteiger partial charge >= 0.3 is 0 Å². The standard InChI is InChI=1S/C8H16BrN5/c1-13(7-5-3-4-6-9)8-10-11-12-14(8)2/h3-7H2,1-2H3. The van der Waals surface area contributed by atoms with E-state index in [1.54, 1.807) is 4.68 Å². The molecule has 1 aromatic heterocycles. The van der Waals surface area contributed by atoms with Crippen molar-refractivity contribution >= 4 is 21.9 Å². The molecule has 0 spiro atoms. The summed E-state index contributed by atoms with van der Waals surface area (Å²) in [7, 11) is 3.87. The van der Waals surface area contributed by atoms with Crippen molar-refractivity contribution in [3.63, 3.8) is 0 Å². The van der Waals surface area contributed by atoms with E-state index >= 15 is 0 Å². The van der Waals surface area contributed by atoms with E-state index in [0.717, 1.165) is 17.8 Å². The molecule has 6 heteroatoms. The minimum atomic E-state index is 0.823. The van der Waals surface area contributed by atoms with Gasteiger partial charge in [0.2, 0.25) is 5.95 Å². The lowest BCUT2D eigenvalue weighted by molar-refractivity contribution is 0.668. The maximum absolute atomic E-state index is 3.93. The molecule has 0 aliphatic carbocycles. The van der Waals surface area contributed by atoms with Gasteiger partial charge in [-0.2, -0.15) is 0 Å². The Balaban J connectivity index is 2.28. The van der Waals surface area contributed by atoms with Gasteiger partial charge in [0.15, 0.2) is 0 Å². The highest BCUT2D eigenvalue weighted by atomic mass is 79.9. The van der Waals surface area contributed by atoms with Crippen LogP contribution in [0.4, 0.5) is 5.95 Å². The van der Waals surface area contributed by atoms with Crippen LogP contribution in [-0.4, -0.2) is 39.1 Å². The van der Waals surface area contributed by atoms with Crippen molar-refractivity contribution < 1.29 is 0 Å². The lowest BCUT2D eigenvalue weighted by Gasteiger charge is -2.15. The molecule has 1 heterocycles. The fraction of sp³-hybridized carbons (Fsp3) is 0.875. The Kier molecular flexibility index (Phi) is 4.86. The van der Waals surface area contributed by atoms with E-state index in [9.17, 15) is 0 Å². The molecule has 0 fully saturated rings. The molecule has 0 unspecified atom stereocenters. The zero-order chi connectivity index (χ0) is 10.4. The van der Waals surface area contributed by atoms with Crippen LogP contribution in [0.25, 0.3) is 0 Å². The van der Waals surface area contributed by atoms with Crippen molar-refractivity contribution in [2.75, 3.05) is 23.8 Å². The van der Waals surface area contributed by atoms with Gasteiger partial charge in [-0.1, -0.05) is 27.4 Å². The summed E-state index contributed by atoms with van der Waals surface area (Å²) in [6, 6.07) is 0. The Morgan fingerprint density at radius 2 is 2.14 bits per heavy atom. The third-order valence-corrected chi connectivity index (χ3v) is 2.63. The quantitative estimate of drug-likeness (QED) is 0.571. The van der Waals surface area contributed by atoms with E-state index in [4.69, 9.17) is 0 Å². The number of unbranched alkanes of at least 4 members (excludes halogenated alkanes) is 2. The summed E-state index contributed by atoms with van der Waals surface area (Å²) in [5, 5.41) is 12.4. The number of aryl methyl sites for hydroxylation is 1. The fourth-order valence-corrected chi connectivity index (χ4v) is 1.66. The molecule has 0 aliphatic rings. The second-order valence-electron chi connectivity index (χ2n) is 3.27. The monoisotopic (exact) mass is 261 g/mol. The molecular formula is C8H16BrN5. The van der Waals surface area contributed by atoms with Gasteiger partial charge < -0.3 is 4.90 Å². The Hall–Kier alpha value is -0.650. The summed E-state index contributed by atoms with van der Waals surface area (Å²) in [6.07, 6.45) is 3.64. The molecule has 1 aromatic rings. The summed E-state index contributed by atoms with van der Waals surface area (Å²) >= 11 is 3.42. The minimum Gasteiger partial charge on any atom is -0.343 e.